The molecule has 2 nitrogen and oxygen atoms in total. The summed E-state index contributed by atoms with van der Waals surface area (Å²) in [4.78, 5) is 13.0. The summed E-state index contributed by atoms with van der Waals surface area (Å²) in [5, 5.41) is 5.08. The van der Waals surface area contributed by atoms with E-state index in [1.165, 1.54) is 4.88 Å². The Kier molecular flexibility index (Phi) is 5.49. The Hall–Kier alpha value is -0.350. The average molecular weight is 304 g/mol. The van der Waals surface area contributed by atoms with Gasteiger partial charge in [0.1, 0.15) is 0 Å². The van der Waals surface area contributed by atoms with E-state index in [9.17, 15) is 4.79 Å². The van der Waals surface area contributed by atoms with Gasteiger partial charge in [-0.3, -0.25) is 4.79 Å². The summed E-state index contributed by atoms with van der Waals surface area (Å²) in [6.45, 7) is 6.10. The fourth-order valence-corrected chi connectivity index (χ4v) is 2.37. The van der Waals surface area contributed by atoms with Gasteiger partial charge < -0.3 is 5.32 Å². The first kappa shape index (κ1) is 13.7. The second kappa shape index (κ2) is 6.40. The van der Waals surface area contributed by atoms with Gasteiger partial charge in [0.05, 0.1) is 4.83 Å². The van der Waals surface area contributed by atoms with Crippen molar-refractivity contribution in [2.75, 3.05) is 0 Å². The zero-order valence-corrected chi connectivity index (χ0v) is 12.3. The van der Waals surface area contributed by atoms with Gasteiger partial charge >= 0.3 is 0 Å². The number of halogens is 1. The maximum atomic E-state index is 11.8. The molecule has 4 heteroatoms. The van der Waals surface area contributed by atoms with Gasteiger partial charge in [-0.1, -0.05) is 35.8 Å². The lowest BCUT2D eigenvalue weighted by Crippen LogP contribution is -2.40. The molecule has 16 heavy (non-hydrogen) atoms. The van der Waals surface area contributed by atoms with Crippen molar-refractivity contribution in [1.29, 1.82) is 0 Å². The van der Waals surface area contributed by atoms with Gasteiger partial charge in [-0.25, -0.2) is 0 Å². The monoisotopic (exact) mass is 303 g/mol. The highest BCUT2D eigenvalue weighted by atomic mass is 79.9. The molecule has 0 saturated carbocycles. The van der Waals surface area contributed by atoms with Crippen molar-refractivity contribution < 1.29 is 4.79 Å². The molecule has 2 unspecified atom stereocenters. The van der Waals surface area contributed by atoms with Crippen LogP contribution in [0, 0.1) is 5.92 Å². The number of nitrogens with one attached hydrogen (secondary N) is 1. The van der Waals surface area contributed by atoms with Crippen LogP contribution < -0.4 is 5.32 Å². The molecular formula is C12H18BrNOS. The molecule has 1 amide bonds. The molecule has 1 aromatic heterocycles. The standard InChI is InChI=1S/C12H18BrNOS/c1-8(2)11(13)12(15)14-9(3)7-10-5-4-6-16-10/h4-6,8-9,11H,7H2,1-3H3,(H,14,15). The average Bonchev–Trinajstić information content (AvgIpc) is 2.68. The Bertz CT molecular complexity index is 324. The van der Waals surface area contributed by atoms with Crippen molar-refractivity contribution in [1.82, 2.24) is 5.32 Å². The van der Waals surface area contributed by atoms with Gasteiger partial charge in [0.15, 0.2) is 0 Å². The number of rotatable bonds is 5. The first-order valence-corrected chi connectivity index (χ1v) is 7.27. The van der Waals surface area contributed by atoms with E-state index < -0.39 is 0 Å². The molecular weight excluding hydrogens is 286 g/mol. The number of carbonyl (C=O) groups excluding carboxylic acids is 1. The highest BCUT2D eigenvalue weighted by Gasteiger charge is 2.20. The van der Waals surface area contributed by atoms with Crippen molar-refractivity contribution >= 4 is 33.2 Å². The first-order valence-electron chi connectivity index (χ1n) is 5.47. The van der Waals surface area contributed by atoms with Crippen molar-refractivity contribution in [3.05, 3.63) is 22.4 Å². The number of thiophene rings is 1. The van der Waals surface area contributed by atoms with Crippen LogP contribution in [0.15, 0.2) is 17.5 Å². The molecule has 2 atom stereocenters. The maximum Gasteiger partial charge on any atom is 0.234 e. The lowest BCUT2D eigenvalue weighted by molar-refractivity contribution is -0.121. The molecule has 0 aliphatic carbocycles. The van der Waals surface area contributed by atoms with E-state index in [1.807, 2.05) is 26.8 Å². The minimum absolute atomic E-state index is 0.0825. The molecule has 1 aromatic rings. The fraction of sp³-hybridized carbons (Fsp3) is 0.583. The Morgan fingerprint density at radius 3 is 2.69 bits per heavy atom. The fourth-order valence-electron chi connectivity index (χ4n) is 1.41. The molecule has 0 aliphatic rings. The molecule has 0 fully saturated rings. The minimum Gasteiger partial charge on any atom is -0.352 e. The Morgan fingerprint density at radius 1 is 1.50 bits per heavy atom. The van der Waals surface area contributed by atoms with Crippen molar-refractivity contribution in [3.63, 3.8) is 0 Å². The van der Waals surface area contributed by atoms with Crippen LogP contribution in [0.2, 0.25) is 0 Å². The van der Waals surface area contributed by atoms with Crippen LogP contribution in [0.4, 0.5) is 0 Å². The van der Waals surface area contributed by atoms with Gasteiger partial charge in [0.25, 0.3) is 0 Å². The van der Waals surface area contributed by atoms with Crippen LogP contribution in [0.5, 0.6) is 0 Å². The quantitative estimate of drug-likeness (QED) is 0.832. The van der Waals surface area contributed by atoms with Gasteiger partial charge in [-0.2, -0.15) is 0 Å². The van der Waals surface area contributed by atoms with Gasteiger partial charge in [-0.05, 0) is 24.3 Å². The smallest absolute Gasteiger partial charge is 0.234 e. The zero-order chi connectivity index (χ0) is 12.1. The zero-order valence-electron chi connectivity index (χ0n) is 9.87. The highest BCUT2D eigenvalue weighted by molar-refractivity contribution is 9.10. The SMILES string of the molecule is CC(Cc1cccs1)NC(=O)C(Br)C(C)C. The summed E-state index contributed by atoms with van der Waals surface area (Å²) in [7, 11) is 0. The summed E-state index contributed by atoms with van der Waals surface area (Å²) >= 11 is 5.13. The van der Waals surface area contributed by atoms with E-state index in [0.29, 0.717) is 5.92 Å². The predicted molar refractivity (Wildman–Crippen MR) is 73.2 cm³/mol. The number of carbonyl (C=O) groups is 1. The summed E-state index contributed by atoms with van der Waals surface area (Å²) in [5.41, 5.74) is 0. The Balaban J connectivity index is 2.39. The van der Waals surface area contributed by atoms with Gasteiger partial charge in [0, 0.05) is 17.3 Å². The van der Waals surface area contributed by atoms with E-state index in [1.54, 1.807) is 11.3 Å². The lowest BCUT2D eigenvalue weighted by atomic mass is 10.1. The van der Waals surface area contributed by atoms with Crippen LogP contribution in [-0.4, -0.2) is 16.8 Å². The molecule has 0 aromatic carbocycles. The summed E-state index contributed by atoms with van der Waals surface area (Å²) in [6.07, 6.45) is 0.904. The lowest BCUT2D eigenvalue weighted by Gasteiger charge is -2.18. The Labute approximate surface area is 110 Å². The third-order valence-corrected chi connectivity index (χ3v) is 4.68. The Morgan fingerprint density at radius 2 is 2.19 bits per heavy atom. The molecule has 0 bridgehead atoms. The van der Waals surface area contributed by atoms with Crippen LogP contribution in [0.1, 0.15) is 25.6 Å². The van der Waals surface area contributed by atoms with Crippen LogP contribution >= 0.6 is 27.3 Å². The topological polar surface area (TPSA) is 29.1 Å². The largest absolute Gasteiger partial charge is 0.352 e. The van der Waals surface area contributed by atoms with Crippen molar-refractivity contribution in [2.45, 2.75) is 38.1 Å². The molecule has 90 valence electrons. The molecule has 1 N–H and O–H groups in total. The molecule has 1 rings (SSSR count). The predicted octanol–water partition coefficient (Wildman–Crippen LogP) is 3.21. The molecule has 0 aliphatic heterocycles. The van der Waals surface area contributed by atoms with E-state index in [0.717, 1.165) is 6.42 Å². The number of amides is 1. The summed E-state index contributed by atoms with van der Waals surface area (Å²) in [5.74, 6) is 0.396. The minimum atomic E-state index is -0.0988. The second-order valence-electron chi connectivity index (χ2n) is 4.34. The van der Waals surface area contributed by atoms with Gasteiger partial charge in [0.2, 0.25) is 5.91 Å². The molecule has 0 radical (unpaired) electrons. The van der Waals surface area contributed by atoms with E-state index in [-0.39, 0.29) is 16.8 Å². The third-order valence-electron chi connectivity index (χ3n) is 2.31. The van der Waals surface area contributed by atoms with E-state index in [2.05, 4.69) is 32.7 Å². The van der Waals surface area contributed by atoms with Crippen LogP contribution in [-0.2, 0) is 11.2 Å². The van der Waals surface area contributed by atoms with Crippen molar-refractivity contribution in [2.24, 2.45) is 5.92 Å². The van der Waals surface area contributed by atoms with Crippen LogP contribution in [0.25, 0.3) is 0 Å². The third kappa shape index (κ3) is 4.26. The molecule has 0 saturated heterocycles. The second-order valence-corrected chi connectivity index (χ2v) is 6.36. The molecule has 1 heterocycles. The van der Waals surface area contributed by atoms with E-state index in [4.69, 9.17) is 0 Å². The van der Waals surface area contributed by atoms with Gasteiger partial charge in [-0.15, -0.1) is 11.3 Å². The van der Waals surface area contributed by atoms with E-state index >= 15 is 0 Å². The first-order chi connectivity index (χ1) is 7.50. The van der Waals surface area contributed by atoms with Crippen LogP contribution in [0.3, 0.4) is 0 Å². The van der Waals surface area contributed by atoms with Crippen molar-refractivity contribution in [3.8, 4) is 0 Å². The molecule has 0 spiro atoms. The number of alkyl halides is 1. The number of hydrogen-bond acceptors (Lipinski definition) is 2. The maximum absolute atomic E-state index is 11.8. The number of hydrogen-bond donors (Lipinski definition) is 1. The summed E-state index contributed by atoms with van der Waals surface area (Å²) < 4.78 is 0. The summed E-state index contributed by atoms with van der Waals surface area (Å²) in [6, 6.07) is 4.32. The highest BCUT2D eigenvalue weighted by Crippen LogP contribution is 2.14. The normalized spacial score (nSPS) is 14.8.